The average Bonchev–Trinajstić information content (AvgIpc) is 2.70. The zero-order valence-corrected chi connectivity index (χ0v) is 19.7. The molecule has 7 nitrogen and oxygen atoms in total. The molecule has 0 saturated carbocycles. The highest BCUT2D eigenvalue weighted by Gasteiger charge is 2.22. The van der Waals surface area contributed by atoms with Crippen LogP contribution in [0.5, 0.6) is 0 Å². The summed E-state index contributed by atoms with van der Waals surface area (Å²) in [6.07, 6.45) is 0. The highest BCUT2D eigenvalue weighted by Crippen LogP contribution is 2.28. The molecule has 0 bridgehead atoms. The maximum absolute atomic E-state index is 13.1. The van der Waals surface area contributed by atoms with Gasteiger partial charge in [-0.05, 0) is 75.6 Å². The third-order valence-corrected chi connectivity index (χ3v) is 6.97. The van der Waals surface area contributed by atoms with Crippen LogP contribution in [0.1, 0.15) is 40.9 Å². The Morgan fingerprint density at radius 3 is 2.29 bits per heavy atom. The SMILES string of the molecule is Cc1cc(C)c(S(=O)(=O)Nc2ccc(N3CCNCC3)c(C(=O)NC(C)C)c2)cc1C. The minimum Gasteiger partial charge on any atom is -0.368 e. The number of nitrogens with zero attached hydrogens (tertiary/aromatic N) is 1. The second kappa shape index (κ2) is 9.28. The maximum atomic E-state index is 13.1. The number of hydrogen-bond acceptors (Lipinski definition) is 5. The van der Waals surface area contributed by atoms with E-state index in [4.69, 9.17) is 0 Å². The summed E-state index contributed by atoms with van der Waals surface area (Å²) in [4.78, 5) is 15.3. The van der Waals surface area contributed by atoms with Gasteiger partial charge in [-0.3, -0.25) is 9.52 Å². The Labute approximate surface area is 185 Å². The van der Waals surface area contributed by atoms with Gasteiger partial charge < -0.3 is 15.5 Å². The largest absolute Gasteiger partial charge is 0.368 e. The number of benzene rings is 2. The molecule has 2 aromatic rings. The molecule has 3 rings (SSSR count). The normalized spacial score (nSPS) is 14.6. The molecule has 1 saturated heterocycles. The Kier molecular flexibility index (Phi) is 6.91. The van der Waals surface area contributed by atoms with E-state index in [1.54, 1.807) is 25.1 Å². The minimum absolute atomic E-state index is 0.0260. The van der Waals surface area contributed by atoms with Crippen LogP contribution in [0.15, 0.2) is 35.2 Å². The Hall–Kier alpha value is -2.58. The van der Waals surface area contributed by atoms with Crippen molar-refractivity contribution >= 4 is 27.3 Å². The van der Waals surface area contributed by atoms with Gasteiger partial charge in [0.15, 0.2) is 0 Å². The smallest absolute Gasteiger partial charge is 0.262 e. The zero-order valence-electron chi connectivity index (χ0n) is 18.9. The van der Waals surface area contributed by atoms with Crippen molar-refractivity contribution in [3.8, 4) is 0 Å². The molecular weight excluding hydrogens is 412 g/mol. The molecule has 1 aliphatic rings. The monoisotopic (exact) mass is 444 g/mol. The summed E-state index contributed by atoms with van der Waals surface area (Å²) in [6.45, 7) is 12.7. The van der Waals surface area contributed by atoms with Gasteiger partial charge in [0.2, 0.25) is 0 Å². The fourth-order valence-corrected chi connectivity index (χ4v) is 5.10. The zero-order chi connectivity index (χ0) is 22.8. The molecule has 3 N–H and O–H groups in total. The van der Waals surface area contributed by atoms with Gasteiger partial charge in [0.1, 0.15) is 0 Å². The molecule has 1 fully saturated rings. The van der Waals surface area contributed by atoms with Crippen molar-refractivity contribution in [1.29, 1.82) is 0 Å². The molecule has 0 radical (unpaired) electrons. The predicted octanol–water partition coefficient (Wildman–Crippen LogP) is 2.96. The summed E-state index contributed by atoms with van der Waals surface area (Å²) in [5.41, 5.74) is 4.29. The number of nitrogens with one attached hydrogen (secondary N) is 3. The molecule has 0 aromatic heterocycles. The molecule has 0 aliphatic carbocycles. The summed E-state index contributed by atoms with van der Waals surface area (Å²) in [7, 11) is -3.79. The Morgan fingerprint density at radius 2 is 1.65 bits per heavy atom. The van der Waals surface area contributed by atoms with Gasteiger partial charge in [-0.1, -0.05) is 6.07 Å². The molecule has 168 valence electrons. The first-order chi connectivity index (χ1) is 14.6. The van der Waals surface area contributed by atoms with E-state index in [9.17, 15) is 13.2 Å². The Morgan fingerprint density at radius 1 is 1.00 bits per heavy atom. The minimum atomic E-state index is -3.79. The summed E-state index contributed by atoms with van der Waals surface area (Å²) in [5.74, 6) is -0.216. The van der Waals surface area contributed by atoms with E-state index < -0.39 is 10.0 Å². The van der Waals surface area contributed by atoms with Gasteiger partial charge in [0.25, 0.3) is 15.9 Å². The molecule has 31 heavy (non-hydrogen) atoms. The van der Waals surface area contributed by atoms with Crippen LogP contribution in [-0.2, 0) is 10.0 Å². The molecule has 1 aliphatic heterocycles. The van der Waals surface area contributed by atoms with E-state index in [0.29, 0.717) is 16.8 Å². The lowest BCUT2D eigenvalue weighted by Gasteiger charge is -2.31. The quantitative estimate of drug-likeness (QED) is 0.637. The molecule has 1 amide bonds. The van der Waals surface area contributed by atoms with Gasteiger partial charge in [0, 0.05) is 43.6 Å². The molecule has 0 unspecified atom stereocenters. The second-order valence-corrected chi connectivity index (χ2v) is 10.1. The van der Waals surface area contributed by atoms with Crippen LogP contribution in [0.2, 0.25) is 0 Å². The van der Waals surface area contributed by atoms with Gasteiger partial charge in [-0.2, -0.15) is 0 Å². The first kappa shape index (κ1) is 23.1. The van der Waals surface area contributed by atoms with E-state index in [-0.39, 0.29) is 16.8 Å². The van der Waals surface area contributed by atoms with Gasteiger partial charge >= 0.3 is 0 Å². The van der Waals surface area contributed by atoms with E-state index >= 15 is 0 Å². The summed E-state index contributed by atoms with van der Waals surface area (Å²) in [5, 5.41) is 6.23. The van der Waals surface area contributed by atoms with Gasteiger partial charge in [0.05, 0.1) is 10.5 Å². The topological polar surface area (TPSA) is 90.5 Å². The van der Waals surface area contributed by atoms with E-state index in [1.165, 1.54) is 0 Å². The van der Waals surface area contributed by atoms with Crippen molar-refractivity contribution in [3.05, 3.63) is 52.6 Å². The van der Waals surface area contributed by atoms with Crippen molar-refractivity contribution in [3.63, 3.8) is 0 Å². The third-order valence-electron chi connectivity index (χ3n) is 5.45. The lowest BCUT2D eigenvalue weighted by Crippen LogP contribution is -2.44. The van der Waals surface area contributed by atoms with Crippen LogP contribution in [0.3, 0.4) is 0 Å². The number of carbonyl (C=O) groups is 1. The van der Waals surface area contributed by atoms with Crippen LogP contribution < -0.4 is 20.3 Å². The number of piperazine rings is 1. The van der Waals surface area contributed by atoms with Crippen molar-refractivity contribution < 1.29 is 13.2 Å². The fraction of sp³-hybridized carbons (Fsp3) is 0.435. The van der Waals surface area contributed by atoms with Crippen LogP contribution in [0, 0.1) is 20.8 Å². The first-order valence-electron chi connectivity index (χ1n) is 10.6. The lowest BCUT2D eigenvalue weighted by molar-refractivity contribution is 0.0943. The predicted molar refractivity (Wildman–Crippen MR) is 126 cm³/mol. The highest BCUT2D eigenvalue weighted by atomic mass is 32.2. The van der Waals surface area contributed by atoms with E-state index in [2.05, 4.69) is 20.3 Å². The van der Waals surface area contributed by atoms with E-state index in [1.807, 2.05) is 39.8 Å². The molecular formula is C23H32N4O3S. The molecule has 0 atom stereocenters. The Balaban J connectivity index is 1.98. The second-order valence-electron chi connectivity index (χ2n) is 8.40. The third kappa shape index (κ3) is 5.37. The fourth-order valence-electron chi connectivity index (χ4n) is 3.74. The number of anilines is 2. The van der Waals surface area contributed by atoms with Crippen LogP contribution in [0.4, 0.5) is 11.4 Å². The number of sulfonamides is 1. The molecule has 8 heteroatoms. The number of rotatable bonds is 6. The van der Waals surface area contributed by atoms with Crippen molar-refractivity contribution in [2.45, 2.75) is 45.6 Å². The number of carbonyl (C=O) groups excluding carboxylic acids is 1. The van der Waals surface area contributed by atoms with Gasteiger partial charge in [-0.25, -0.2) is 8.42 Å². The lowest BCUT2D eigenvalue weighted by atomic mass is 10.1. The number of amides is 1. The van der Waals surface area contributed by atoms with E-state index in [0.717, 1.165) is 43.0 Å². The summed E-state index contributed by atoms with van der Waals surface area (Å²) < 4.78 is 28.9. The summed E-state index contributed by atoms with van der Waals surface area (Å²) in [6, 6.07) is 8.71. The van der Waals surface area contributed by atoms with Crippen molar-refractivity contribution in [2.24, 2.45) is 0 Å². The van der Waals surface area contributed by atoms with Crippen LogP contribution >= 0.6 is 0 Å². The molecule has 2 aromatic carbocycles. The van der Waals surface area contributed by atoms with Gasteiger partial charge in [-0.15, -0.1) is 0 Å². The van der Waals surface area contributed by atoms with Crippen molar-refractivity contribution in [2.75, 3.05) is 35.8 Å². The molecule has 1 heterocycles. The standard InChI is InChI=1S/C23H32N4O3S/c1-15(2)25-23(28)20-14-19(6-7-21(20)27-10-8-24-9-11-27)26-31(29,30)22-13-17(4)16(3)12-18(22)5/h6-7,12-15,24,26H,8-11H2,1-5H3,(H,25,28). The van der Waals surface area contributed by atoms with Crippen molar-refractivity contribution in [1.82, 2.24) is 10.6 Å². The average molecular weight is 445 g/mol. The number of aryl methyl sites for hydroxylation is 3. The maximum Gasteiger partial charge on any atom is 0.262 e. The van der Waals surface area contributed by atoms with Crippen LogP contribution in [-0.4, -0.2) is 46.5 Å². The molecule has 0 spiro atoms. The number of hydrogen-bond donors (Lipinski definition) is 3. The Bertz CT molecular complexity index is 1070. The summed E-state index contributed by atoms with van der Waals surface area (Å²) >= 11 is 0. The first-order valence-corrected chi connectivity index (χ1v) is 12.1. The highest BCUT2D eigenvalue weighted by molar-refractivity contribution is 7.92. The van der Waals surface area contributed by atoms with Crippen LogP contribution in [0.25, 0.3) is 0 Å².